The predicted molar refractivity (Wildman–Crippen MR) is 106 cm³/mol. The number of nitrogens with two attached hydrogens (primary N) is 1. The molecule has 0 amide bonds. The minimum absolute atomic E-state index is 0.384. The highest BCUT2D eigenvalue weighted by molar-refractivity contribution is 5.78. The van der Waals surface area contributed by atoms with Gasteiger partial charge in [0.15, 0.2) is 5.96 Å². The topological polar surface area (TPSA) is 66.1 Å². The Hall–Kier alpha value is -1.95. The van der Waals surface area contributed by atoms with Crippen molar-refractivity contribution in [3.63, 3.8) is 0 Å². The fourth-order valence-electron chi connectivity index (χ4n) is 2.92. The molecule has 0 saturated carbocycles. The van der Waals surface area contributed by atoms with Crippen molar-refractivity contribution in [3.05, 3.63) is 24.3 Å². The van der Waals surface area contributed by atoms with Crippen LogP contribution in [0.3, 0.4) is 0 Å². The van der Waals surface area contributed by atoms with Gasteiger partial charge in [0.2, 0.25) is 0 Å². The van der Waals surface area contributed by atoms with Crippen LogP contribution in [-0.4, -0.2) is 63.3 Å². The van der Waals surface area contributed by atoms with E-state index in [4.69, 9.17) is 10.5 Å². The normalized spacial score (nSPS) is 17.4. The number of nitrogens with zero attached hydrogens (tertiary/aromatic N) is 3. The third kappa shape index (κ3) is 6.46. The van der Waals surface area contributed by atoms with Crippen molar-refractivity contribution in [1.29, 1.82) is 0 Å². The van der Waals surface area contributed by atoms with Gasteiger partial charge in [-0.05, 0) is 44.0 Å². The number of benzene rings is 1. The van der Waals surface area contributed by atoms with Crippen LogP contribution < -0.4 is 20.7 Å². The van der Waals surface area contributed by atoms with Gasteiger partial charge in [0.05, 0.1) is 7.11 Å². The molecule has 1 atom stereocenters. The summed E-state index contributed by atoms with van der Waals surface area (Å²) in [5.41, 5.74) is 7.15. The maximum atomic E-state index is 5.88. The van der Waals surface area contributed by atoms with E-state index in [2.05, 4.69) is 46.1 Å². The summed E-state index contributed by atoms with van der Waals surface area (Å²) in [7, 11) is 1.70. The van der Waals surface area contributed by atoms with Crippen molar-refractivity contribution in [3.8, 4) is 5.75 Å². The summed E-state index contributed by atoms with van der Waals surface area (Å²) in [4.78, 5) is 9.35. The summed E-state index contributed by atoms with van der Waals surface area (Å²) in [5.74, 6) is 1.48. The Bertz CT molecular complexity index is 523. The summed E-state index contributed by atoms with van der Waals surface area (Å²) < 4.78 is 5.22. The molecule has 0 radical (unpaired) electrons. The molecular weight excluding hydrogens is 314 g/mol. The molecule has 1 heterocycles. The summed E-state index contributed by atoms with van der Waals surface area (Å²) in [6, 6.07) is 8.71. The average Bonchev–Trinajstić information content (AvgIpc) is 2.65. The maximum absolute atomic E-state index is 5.88. The zero-order valence-corrected chi connectivity index (χ0v) is 15.9. The van der Waals surface area contributed by atoms with E-state index in [0.717, 1.165) is 57.9 Å². The molecule has 2 rings (SSSR count). The van der Waals surface area contributed by atoms with E-state index >= 15 is 0 Å². The van der Waals surface area contributed by atoms with Gasteiger partial charge in [-0.1, -0.05) is 6.92 Å². The maximum Gasteiger partial charge on any atom is 0.188 e. The zero-order valence-electron chi connectivity index (χ0n) is 15.9. The van der Waals surface area contributed by atoms with Crippen molar-refractivity contribution >= 4 is 11.6 Å². The quantitative estimate of drug-likeness (QED) is 0.427. The third-order valence-electron chi connectivity index (χ3n) is 4.73. The molecule has 0 spiro atoms. The van der Waals surface area contributed by atoms with E-state index in [1.165, 1.54) is 5.69 Å². The SMILES string of the molecule is CCC(C)NC(N)=NCCCN1CCN(c2ccc(OC)cc2)CC1. The van der Waals surface area contributed by atoms with Gasteiger partial charge in [0, 0.05) is 51.0 Å². The van der Waals surface area contributed by atoms with Crippen LogP contribution in [0.1, 0.15) is 26.7 Å². The van der Waals surface area contributed by atoms with Crippen LogP contribution in [0.2, 0.25) is 0 Å². The minimum atomic E-state index is 0.384. The highest BCUT2D eigenvalue weighted by atomic mass is 16.5. The summed E-state index contributed by atoms with van der Waals surface area (Å²) in [5, 5.41) is 3.20. The van der Waals surface area contributed by atoms with E-state index in [0.29, 0.717) is 12.0 Å². The first-order valence-electron chi connectivity index (χ1n) is 9.30. The molecule has 1 aromatic carbocycles. The first kappa shape index (κ1) is 19.4. The molecule has 1 fully saturated rings. The summed E-state index contributed by atoms with van der Waals surface area (Å²) >= 11 is 0. The van der Waals surface area contributed by atoms with E-state index in [1.807, 2.05) is 12.1 Å². The first-order valence-corrected chi connectivity index (χ1v) is 9.30. The number of piperazine rings is 1. The van der Waals surface area contributed by atoms with Gasteiger partial charge in [-0.3, -0.25) is 9.89 Å². The number of ether oxygens (including phenoxy) is 1. The molecule has 1 unspecified atom stereocenters. The van der Waals surface area contributed by atoms with Crippen molar-refractivity contribution < 1.29 is 4.74 Å². The van der Waals surface area contributed by atoms with Crippen LogP contribution in [0.15, 0.2) is 29.3 Å². The lowest BCUT2D eigenvalue weighted by Gasteiger charge is -2.36. The van der Waals surface area contributed by atoms with Gasteiger partial charge in [-0.15, -0.1) is 0 Å². The molecule has 0 bridgehead atoms. The molecule has 140 valence electrons. The van der Waals surface area contributed by atoms with Crippen LogP contribution in [0.25, 0.3) is 0 Å². The highest BCUT2D eigenvalue weighted by Gasteiger charge is 2.16. The molecule has 1 aromatic rings. The number of guanidine groups is 1. The molecule has 3 N–H and O–H groups in total. The second-order valence-corrected chi connectivity index (χ2v) is 6.60. The van der Waals surface area contributed by atoms with Gasteiger partial charge in [0.25, 0.3) is 0 Å². The van der Waals surface area contributed by atoms with Crippen LogP contribution in [-0.2, 0) is 0 Å². The Balaban J connectivity index is 1.66. The molecule has 6 nitrogen and oxygen atoms in total. The number of aliphatic imine (C=N–C) groups is 1. The van der Waals surface area contributed by atoms with Gasteiger partial charge in [-0.2, -0.15) is 0 Å². The number of anilines is 1. The van der Waals surface area contributed by atoms with E-state index in [-0.39, 0.29) is 0 Å². The Morgan fingerprint density at radius 2 is 1.92 bits per heavy atom. The zero-order chi connectivity index (χ0) is 18.1. The van der Waals surface area contributed by atoms with Crippen molar-refractivity contribution in [2.75, 3.05) is 51.3 Å². The lowest BCUT2D eigenvalue weighted by molar-refractivity contribution is 0.256. The van der Waals surface area contributed by atoms with E-state index in [9.17, 15) is 0 Å². The van der Waals surface area contributed by atoms with Gasteiger partial charge in [0.1, 0.15) is 5.75 Å². The Morgan fingerprint density at radius 1 is 1.24 bits per heavy atom. The van der Waals surface area contributed by atoms with Crippen LogP contribution in [0.4, 0.5) is 5.69 Å². The number of methoxy groups -OCH3 is 1. The van der Waals surface area contributed by atoms with E-state index < -0.39 is 0 Å². The molecule has 1 aliphatic rings. The lowest BCUT2D eigenvalue weighted by atomic mass is 10.2. The number of hydrogen-bond acceptors (Lipinski definition) is 4. The molecule has 25 heavy (non-hydrogen) atoms. The first-order chi connectivity index (χ1) is 12.1. The minimum Gasteiger partial charge on any atom is -0.497 e. The van der Waals surface area contributed by atoms with Gasteiger partial charge in [-0.25, -0.2) is 0 Å². The standard InChI is InChI=1S/C19H33N5O/c1-4-16(2)22-19(20)21-10-5-11-23-12-14-24(15-13-23)17-6-8-18(25-3)9-7-17/h6-9,16H,4-5,10-15H2,1-3H3,(H3,20,21,22). The van der Waals surface area contributed by atoms with E-state index in [1.54, 1.807) is 7.11 Å². The molecule has 0 aliphatic carbocycles. The largest absolute Gasteiger partial charge is 0.497 e. The summed E-state index contributed by atoms with van der Waals surface area (Å²) in [6.45, 7) is 10.4. The molecule has 1 aliphatic heterocycles. The number of nitrogens with one attached hydrogen (secondary N) is 1. The number of hydrogen-bond donors (Lipinski definition) is 2. The van der Waals surface area contributed by atoms with Crippen molar-refractivity contribution in [1.82, 2.24) is 10.2 Å². The molecule has 6 heteroatoms. The van der Waals surface area contributed by atoms with Crippen LogP contribution in [0.5, 0.6) is 5.75 Å². The Kier molecular flexibility index (Phi) is 7.85. The van der Waals surface area contributed by atoms with Gasteiger partial charge >= 0.3 is 0 Å². The Morgan fingerprint density at radius 3 is 2.52 bits per heavy atom. The molecular formula is C19H33N5O. The lowest BCUT2D eigenvalue weighted by Crippen LogP contribution is -2.46. The van der Waals surface area contributed by atoms with Crippen molar-refractivity contribution in [2.45, 2.75) is 32.7 Å². The predicted octanol–water partition coefficient (Wildman–Crippen LogP) is 1.91. The second-order valence-electron chi connectivity index (χ2n) is 6.60. The van der Waals surface area contributed by atoms with Gasteiger partial charge < -0.3 is 20.7 Å². The average molecular weight is 348 g/mol. The fourth-order valence-corrected chi connectivity index (χ4v) is 2.92. The highest BCUT2D eigenvalue weighted by Crippen LogP contribution is 2.20. The Labute approximate surface area is 152 Å². The summed E-state index contributed by atoms with van der Waals surface area (Å²) in [6.07, 6.45) is 2.10. The third-order valence-corrected chi connectivity index (χ3v) is 4.73. The fraction of sp³-hybridized carbons (Fsp3) is 0.632. The number of rotatable bonds is 8. The van der Waals surface area contributed by atoms with Crippen LogP contribution >= 0.6 is 0 Å². The molecule has 0 aromatic heterocycles. The van der Waals surface area contributed by atoms with Crippen LogP contribution in [0, 0.1) is 0 Å². The smallest absolute Gasteiger partial charge is 0.188 e. The molecule has 1 saturated heterocycles. The monoisotopic (exact) mass is 347 g/mol. The second kappa shape index (κ2) is 10.1. The van der Waals surface area contributed by atoms with Crippen molar-refractivity contribution in [2.24, 2.45) is 10.7 Å².